The molecule has 0 fully saturated rings. The predicted octanol–water partition coefficient (Wildman–Crippen LogP) is 5.01. The Hall–Kier alpha value is -2.34. The molecule has 3 aromatic rings. The van der Waals surface area contributed by atoms with Crippen LogP contribution in [-0.4, -0.2) is 17.0 Å². The maximum atomic E-state index is 13.3. The monoisotopic (exact) mass is 337 g/mol. The molecule has 0 amide bonds. The molecule has 0 unspecified atom stereocenters. The van der Waals surface area contributed by atoms with Crippen molar-refractivity contribution >= 4 is 28.5 Å². The maximum Gasteiger partial charge on any atom is 0.417 e. The lowest BCUT2D eigenvalue weighted by Crippen LogP contribution is -2.09. The van der Waals surface area contributed by atoms with Gasteiger partial charge in [0.25, 0.3) is 0 Å². The van der Waals surface area contributed by atoms with E-state index >= 15 is 0 Å². The highest BCUT2D eigenvalue weighted by molar-refractivity contribution is 6.34. The molecule has 0 spiro atoms. The highest BCUT2D eigenvalue weighted by Gasteiger charge is 2.34. The van der Waals surface area contributed by atoms with Crippen molar-refractivity contribution < 1.29 is 13.2 Å². The summed E-state index contributed by atoms with van der Waals surface area (Å²) in [4.78, 5) is 8.66. The number of hydrogen-bond acceptors (Lipinski definition) is 3. The van der Waals surface area contributed by atoms with E-state index in [9.17, 15) is 13.2 Å². The third-order valence-corrected chi connectivity index (χ3v) is 3.68. The number of nitrogens with zero attached hydrogens (tertiary/aromatic N) is 2. The largest absolute Gasteiger partial charge is 0.417 e. The van der Waals surface area contributed by atoms with E-state index in [1.807, 2.05) is 0 Å². The topological polar surface area (TPSA) is 37.8 Å². The van der Waals surface area contributed by atoms with E-state index in [2.05, 4.69) is 15.3 Å². The van der Waals surface area contributed by atoms with Crippen LogP contribution >= 0.6 is 11.6 Å². The highest BCUT2D eigenvalue weighted by Crippen LogP contribution is 2.39. The number of hydrogen-bond donors (Lipinski definition) is 1. The van der Waals surface area contributed by atoms with Gasteiger partial charge in [-0.2, -0.15) is 13.2 Å². The predicted molar refractivity (Wildman–Crippen MR) is 84.5 cm³/mol. The fourth-order valence-corrected chi connectivity index (χ4v) is 2.55. The zero-order chi connectivity index (χ0) is 16.6. The third kappa shape index (κ3) is 2.82. The van der Waals surface area contributed by atoms with Crippen LogP contribution in [0, 0.1) is 0 Å². The van der Waals surface area contributed by atoms with Crippen molar-refractivity contribution in [3.8, 4) is 11.3 Å². The molecule has 0 saturated carbocycles. The summed E-state index contributed by atoms with van der Waals surface area (Å²) < 4.78 is 39.8. The molecule has 3 rings (SSSR count). The number of benzene rings is 2. The lowest BCUT2D eigenvalue weighted by molar-refractivity contribution is -0.137. The number of anilines is 1. The minimum absolute atomic E-state index is 0.0429. The van der Waals surface area contributed by atoms with Crippen molar-refractivity contribution in [3.63, 3.8) is 0 Å². The molecule has 7 heteroatoms. The molecule has 1 heterocycles. The van der Waals surface area contributed by atoms with E-state index in [0.717, 1.165) is 6.07 Å². The summed E-state index contributed by atoms with van der Waals surface area (Å²) in [6.45, 7) is 0. The average molecular weight is 338 g/mol. The molecule has 118 valence electrons. The smallest absolute Gasteiger partial charge is 0.371 e. The molecule has 0 saturated heterocycles. The molecule has 23 heavy (non-hydrogen) atoms. The zero-order valence-electron chi connectivity index (χ0n) is 11.9. The van der Waals surface area contributed by atoms with Gasteiger partial charge in [-0.15, -0.1) is 0 Å². The second-order valence-electron chi connectivity index (χ2n) is 4.82. The van der Waals surface area contributed by atoms with Crippen LogP contribution in [0.15, 0.2) is 42.5 Å². The standard InChI is InChI=1S/C16H11ClF3N3/c1-21-15-13(9-5-2-3-6-10(9)16(18,19)20)23-14-11(17)7-4-8-12(14)22-15/h2-8H,1H3,(H,21,22). The molecule has 0 aliphatic rings. The fraction of sp³-hybridized carbons (Fsp3) is 0.125. The second-order valence-corrected chi connectivity index (χ2v) is 5.23. The summed E-state index contributed by atoms with van der Waals surface area (Å²) in [5.41, 5.74) is 0.173. The summed E-state index contributed by atoms with van der Waals surface area (Å²) in [6, 6.07) is 10.3. The summed E-state index contributed by atoms with van der Waals surface area (Å²) >= 11 is 6.10. The van der Waals surface area contributed by atoms with Crippen molar-refractivity contribution in [3.05, 3.63) is 53.1 Å². The first kappa shape index (κ1) is 15.6. The van der Waals surface area contributed by atoms with Crippen molar-refractivity contribution in [2.24, 2.45) is 0 Å². The van der Waals surface area contributed by atoms with E-state index < -0.39 is 11.7 Å². The van der Waals surface area contributed by atoms with Gasteiger partial charge in [-0.3, -0.25) is 0 Å². The van der Waals surface area contributed by atoms with Crippen LogP contribution in [0.2, 0.25) is 5.02 Å². The molecule has 0 radical (unpaired) electrons. The van der Waals surface area contributed by atoms with Crippen LogP contribution in [0.25, 0.3) is 22.3 Å². The van der Waals surface area contributed by atoms with Crippen LogP contribution in [-0.2, 0) is 6.18 Å². The van der Waals surface area contributed by atoms with E-state index in [1.165, 1.54) is 18.2 Å². The van der Waals surface area contributed by atoms with Crippen LogP contribution in [0.4, 0.5) is 19.0 Å². The van der Waals surface area contributed by atoms with E-state index in [1.54, 1.807) is 25.2 Å². The Labute approximate surface area is 135 Å². The lowest BCUT2D eigenvalue weighted by atomic mass is 10.0. The number of halogens is 4. The fourth-order valence-electron chi connectivity index (χ4n) is 2.34. The first-order valence-corrected chi connectivity index (χ1v) is 7.10. The first-order valence-electron chi connectivity index (χ1n) is 6.72. The number of fused-ring (bicyclic) bond motifs is 1. The molecule has 0 bridgehead atoms. The number of rotatable bonds is 2. The molecule has 0 aliphatic carbocycles. The maximum absolute atomic E-state index is 13.3. The molecular weight excluding hydrogens is 327 g/mol. The molecule has 0 aliphatic heterocycles. The van der Waals surface area contributed by atoms with E-state index in [4.69, 9.17) is 11.6 Å². The highest BCUT2D eigenvalue weighted by atomic mass is 35.5. The molecule has 1 aromatic heterocycles. The Morgan fingerprint density at radius 1 is 1.00 bits per heavy atom. The van der Waals surface area contributed by atoms with Crippen molar-refractivity contribution in [1.82, 2.24) is 9.97 Å². The Bertz CT molecular complexity index is 878. The van der Waals surface area contributed by atoms with Gasteiger partial charge in [0.1, 0.15) is 11.2 Å². The Morgan fingerprint density at radius 3 is 2.43 bits per heavy atom. The van der Waals surface area contributed by atoms with Crippen LogP contribution in [0.1, 0.15) is 5.56 Å². The molecule has 2 aromatic carbocycles. The van der Waals surface area contributed by atoms with Crippen molar-refractivity contribution in [2.75, 3.05) is 12.4 Å². The normalized spacial score (nSPS) is 11.7. The van der Waals surface area contributed by atoms with Gasteiger partial charge >= 0.3 is 6.18 Å². The lowest BCUT2D eigenvalue weighted by Gasteiger charge is -2.15. The number of para-hydroxylation sites is 1. The quantitative estimate of drug-likeness (QED) is 0.714. The second kappa shape index (κ2) is 5.70. The van der Waals surface area contributed by atoms with Crippen LogP contribution < -0.4 is 5.32 Å². The number of aromatic nitrogens is 2. The van der Waals surface area contributed by atoms with E-state index in [0.29, 0.717) is 16.1 Å². The summed E-state index contributed by atoms with van der Waals surface area (Å²) in [5.74, 6) is 0.261. The van der Waals surface area contributed by atoms with Crippen molar-refractivity contribution in [1.29, 1.82) is 0 Å². The molecule has 0 atom stereocenters. The Kier molecular flexibility index (Phi) is 3.85. The van der Waals surface area contributed by atoms with Crippen LogP contribution in [0.5, 0.6) is 0 Å². The molecular formula is C16H11ClF3N3. The van der Waals surface area contributed by atoms with Crippen LogP contribution in [0.3, 0.4) is 0 Å². The molecule has 3 nitrogen and oxygen atoms in total. The summed E-state index contributed by atoms with van der Waals surface area (Å²) in [5, 5.41) is 3.14. The summed E-state index contributed by atoms with van der Waals surface area (Å²) in [7, 11) is 1.58. The van der Waals surface area contributed by atoms with Gasteiger partial charge in [-0.1, -0.05) is 35.9 Å². The van der Waals surface area contributed by atoms with Gasteiger partial charge in [0.2, 0.25) is 0 Å². The van der Waals surface area contributed by atoms with Gasteiger partial charge in [0.15, 0.2) is 5.82 Å². The average Bonchev–Trinajstić information content (AvgIpc) is 2.53. The first-order chi connectivity index (χ1) is 10.9. The van der Waals surface area contributed by atoms with Gasteiger partial charge in [0, 0.05) is 12.6 Å². The minimum atomic E-state index is -4.49. The van der Waals surface area contributed by atoms with Crippen molar-refractivity contribution in [2.45, 2.75) is 6.18 Å². The zero-order valence-corrected chi connectivity index (χ0v) is 12.7. The molecule has 1 N–H and O–H groups in total. The van der Waals surface area contributed by atoms with E-state index in [-0.39, 0.29) is 17.1 Å². The number of nitrogens with one attached hydrogen (secondary N) is 1. The Balaban J connectivity index is 2.34. The van der Waals surface area contributed by atoms with Gasteiger partial charge in [-0.05, 0) is 18.2 Å². The van der Waals surface area contributed by atoms with Gasteiger partial charge in [0.05, 0.1) is 16.1 Å². The minimum Gasteiger partial charge on any atom is -0.371 e. The van der Waals surface area contributed by atoms with Gasteiger partial charge < -0.3 is 5.32 Å². The number of alkyl halides is 3. The summed E-state index contributed by atoms with van der Waals surface area (Å²) in [6.07, 6.45) is -4.49. The van der Waals surface area contributed by atoms with Gasteiger partial charge in [-0.25, -0.2) is 9.97 Å². The third-order valence-electron chi connectivity index (χ3n) is 3.37. The Morgan fingerprint density at radius 2 is 1.74 bits per heavy atom. The SMILES string of the molecule is CNc1nc2cccc(Cl)c2nc1-c1ccccc1C(F)(F)F.